The molecule has 4 aromatic rings. The minimum Gasteiger partial charge on any atom is -0.484 e. The number of nitrogens with zero attached hydrogens (tertiary/aromatic N) is 1. The van der Waals surface area contributed by atoms with Gasteiger partial charge in [-0.15, -0.1) is 0 Å². The van der Waals surface area contributed by atoms with E-state index in [9.17, 15) is 18.0 Å². The molecule has 1 atom stereocenters. The van der Waals surface area contributed by atoms with E-state index in [0.717, 1.165) is 5.56 Å². The van der Waals surface area contributed by atoms with Crippen molar-refractivity contribution in [3.05, 3.63) is 107 Å². The number of sulfonamides is 1. The highest BCUT2D eigenvalue weighted by molar-refractivity contribution is 7.89. The topological polar surface area (TPSA) is 130 Å². The van der Waals surface area contributed by atoms with Crippen molar-refractivity contribution in [2.24, 2.45) is 0 Å². The fourth-order valence-corrected chi connectivity index (χ4v) is 4.86. The molecule has 3 aromatic carbocycles. The quantitative estimate of drug-likeness (QED) is 0.309. The second kappa shape index (κ2) is 11.2. The number of benzene rings is 3. The predicted molar refractivity (Wildman–Crippen MR) is 141 cm³/mol. The summed E-state index contributed by atoms with van der Waals surface area (Å²) in [5.74, 6) is 0.346. The predicted octanol–water partition coefficient (Wildman–Crippen LogP) is 3.80. The van der Waals surface area contributed by atoms with Crippen molar-refractivity contribution < 1.29 is 17.9 Å². The summed E-state index contributed by atoms with van der Waals surface area (Å²) in [6, 6.07) is 23.0. The number of anilines is 1. The summed E-state index contributed by atoms with van der Waals surface area (Å²) < 4.78 is 33.6. The Kier molecular flexibility index (Phi) is 7.80. The lowest BCUT2D eigenvalue weighted by atomic mass is 10.1. The Balaban J connectivity index is 1.34. The molecule has 1 heterocycles. The second-order valence-electron chi connectivity index (χ2n) is 8.38. The maximum Gasteiger partial charge on any atom is 0.262 e. The highest BCUT2D eigenvalue weighted by Gasteiger charge is 2.18. The van der Waals surface area contributed by atoms with Crippen LogP contribution in [0.2, 0.25) is 0 Å². The number of aryl methyl sites for hydroxylation is 1. The van der Waals surface area contributed by atoms with Gasteiger partial charge >= 0.3 is 0 Å². The molecule has 0 bridgehead atoms. The Morgan fingerprint density at radius 1 is 1.00 bits per heavy atom. The van der Waals surface area contributed by atoms with Gasteiger partial charge in [0.2, 0.25) is 10.0 Å². The van der Waals surface area contributed by atoms with Gasteiger partial charge < -0.3 is 15.0 Å². The van der Waals surface area contributed by atoms with Crippen LogP contribution in [0.4, 0.5) is 5.69 Å². The summed E-state index contributed by atoms with van der Waals surface area (Å²) in [5.41, 5.74) is 2.33. The molecule has 0 saturated heterocycles. The van der Waals surface area contributed by atoms with Gasteiger partial charge in [0.05, 0.1) is 4.90 Å². The number of aromatic amines is 1. The van der Waals surface area contributed by atoms with Crippen LogP contribution in [0.15, 0.2) is 94.6 Å². The maximum atomic E-state index is 12.7. The fourth-order valence-electron chi connectivity index (χ4n) is 3.63. The zero-order valence-electron chi connectivity index (χ0n) is 20.3. The number of hydrogen-bond acceptors (Lipinski definition) is 6. The first-order chi connectivity index (χ1) is 17.7. The van der Waals surface area contributed by atoms with E-state index in [0.29, 0.717) is 28.5 Å². The number of H-pyrrole nitrogens is 1. The van der Waals surface area contributed by atoms with Crippen LogP contribution in [-0.2, 0) is 14.8 Å². The molecular weight excluding hydrogens is 492 g/mol. The molecule has 4 rings (SSSR count). The van der Waals surface area contributed by atoms with Crippen molar-refractivity contribution in [2.75, 3.05) is 11.9 Å². The minimum atomic E-state index is -3.74. The molecule has 0 unspecified atom stereocenters. The van der Waals surface area contributed by atoms with Crippen LogP contribution in [-0.4, -0.2) is 30.9 Å². The summed E-state index contributed by atoms with van der Waals surface area (Å²) in [7, 11) is -3.74. The van der Waals surface area contributed by atoms with E-state index in [-0.39, 0.29) is 17.1 Å². The third-order valence-corrected chi connectivity index (χ3v) is 6.98. The zero-order valence-corrected chi connectivity index (χ0v) is 21.1. The van der Waals surface area contributed by atoms with E-state index >= 15 is 0 Å². The van der Waals surface area contributed by atoms with Gasteiger partial charge in [0.1, 0.15) is 11.6 Å². The molecule has 1 aromatic heterocycles. The summed E-state index contributed by atoms with van der Waals surface area (Å²) in [6.07, 6.45) is 0. The summed E-state index contributed by atoms with van der Waals surface area (Å²) in [5, 5.41) is 2.73. The van der Waals surface area contributed by atoms with E-state index < -0.39 is 22.0 Å². The number of hydrogen-bond donors (Lipinski definition) is 3. The average molecular weight is 519 g/mol. The van der Waals surface area contributed by atoms with Crippen LogP contribution in [0, 0.1) is 6.92 Å². The Morgan fingerprint density at radius 2 is 1.73 bits per heavy atom. The lowest BCUT2D eigenvalue weighted by Crippen LogP contribution is -2.26. The second-order valence-corrected chi connectivity index (χ2v) is 10.1. The normalized spacial score (nSPS) is 12.1. The molecule has 10 heteroatoms. The van der Waals surface area contributed by atoms with Gasteiger partial charge in [-0.25, -0.2) is 18.1 Å². The zero-order chi connectivity index (χ0) is 26.4. The van der Waals surface area contributed by atoms with Crippen molar-refractivity contribution in [1.82, 2.24) is 14.7 Å². The monoisotopic (exact) mass is 518 g/mol. The van der Waals surface area contributed by atoms with Gasteiger partial charge in [0.15, 0.2) is 6.61 Å². The minimum absolute atomic E-state index is 0.0895. The highest BCUT2D eigenvalue weighted by Crippen LogP contribution is 2.21. The van der Waals surface area contributed by atoms with Crippen LogP contribution < -0.4 is 20.3 Å². The Labute approximate surface area is 214 Å². The summed E-state index contributed by atoms with van der Waals surface area (Å²) in [4.78, 5) is 31.2. The number of carbonyl (C=O) groups is 1. The SMILES string of the molecule is Cc1cc(=O)[nH]c(-c2cccc(NC(=O)COc3ccc(S(=O)(=O)N[C@@H](C)c4ccccc4)cc3)c2)n1. The molecule has 0 aliphatic carbocycles. The maximum absolute atomic E-state index is 12.7. The van der Waals surface area contributed by atoms with Crippen LogP contribution in [0.25, 0.3) is 11.4 Å². The van der Waals surface area contributed by atoms with E-state index in [2.05, 4.69) is 20.0 Å². The lowest BCUT2D eigenvalue weighted by molar-refractivity contribution is -0.118. The standard InChI is InChI=1S/C27H26N4O5S/c1-18-15-25(32)30-27(28-18)21-9-6-10-22(16-21)29-26(33)17-36-23-11-13-24(14-12-23)37(34,35)31-19(2)20-7-4-3-5-8-20/h3-16,19,31H,17H2,1-2H3,(H,29,33)(H,28,30,32)/t19-/m0/s1. The number of rotatable bonds is 9. The van der Waals surface area contributed by atoms with Crippen molar-refractivity contribution in [3.8, 4) is 17.1 Å². The third-order valence-electron chi connectivity index (χ3n) is 5.42. The van der Waals surface area contributed by atoms with Gasteiger partial charge in [-0.05, 0) is 55.8 Å². The molecular formula is C27H26N4O5S. The third kappa shape index (κ3) is 6.90. The number of nitrogens with one attached hydrogen (secondary N) is 3. The average Bonchev–Trinajstić information content (AvgIpc) is 2.87. The van der Waals surface area contributed by atoms with Gasteiger partial charge in [0.25, 0.3) is 11.5 Å². The van der Waals surface area contributed by atoms with E-state index in [1.165, 1.54) is 30.3 Å². The molecule has 190 valence electrons. The molecule has 1 amide bonds. The van der Waals surface area contributed by atoms with Crippen LogP contribution in [0.5, 0.6) is 5.75 Å². The number of aromatic nitrogens is 2. The Hall–Kier alpha value is -4.28. The number of carbonyl (C=O) groups excluding carboxylic acids is 1. The molecule has 0 spiro atoms. The number of ether oxygens (including phenoxy) is 1. The van der Waals surface area contributed by atoms with Crippen molar-refractivity contribution in [1.29, 1.82) is 0 Å². The van der Waals surface area contributed by atoms with Crippen molar-refractivity contribution in [3.63, 3.8) is 0 Å². The van der Waals surface area contributed by atoms with Gasteiger partial charge in [-0.2, -0.15) is 0 Å². The van der Waals surface area contributed by atoms with E-state index in [4.69, 9.17) is 4.74 Å². The molecule has 3 N–H and O–H groups in total. The molecule has 0 fully saturated rings. The van der Waals surface area contributed by atoms with Crippen molar-refractivity contribution >= 4 is 21.6 Å². The Bertz CT molecular complexity index is 1550. The van der Waals surface area contributed by atoms with Crippen LogP contribution in [0.3, 0.4) is 0 Å². The summed E-state index contributed by atoms with van der Waals surface area (Å²) >= 11 is 0. The highest BCUT2D eigenvalue weighted by atomic mass is 32.2. The first-order valence-electron chi connectivity index (χ1n) is 11.5. The smallest absolute Gasteiger partial charge is 0.262 e. The van der Waals surface area contributed by atoms with Crippen LogP contribution >= 0.6 is 0 Å². The van der Waals surface area contributed by atoms with Gasteiger partial charge in [-0.3, -0.25) is 9.59 Å². The van der Waals surface area contributed by atoms with Crippen LogP contribution in [0.1, 0.15) is 24.2 Å². The summed E-state index contributed by atoms with van der Waals surface area (Å²) in [6.45, 7) is 3.22. The van der Waals surface area contributed by atoms with Crippen molar-refractivity contribution in [2.45, 2.75) is 24.8 Å². The first-order valence-corrected chi connectivity index (χ1v) is 13.0. The molecule has 0 aliphatic heterocycles. The van der Waals surface area contributed by atoms with E-state index in [1.807, 2.05) is 30.3 Å². The fraction of sp³-hybridized carbons (Fsp3) is 0.148. The van der Waals surface area contributed by atoms with Gasteiger partial charge in [0, 0.05) is 29.1 Å². The van der Waals surface area contributed by atoms with E-state index in [1.54, 1.807) is 38.1 Å². The van der Waals surface area contributed by atoms with Gasteiger partial charge in [-0.1, -0.05) is 42.5 Å². The molecule has 0 saturated carbocycles. The lowest BCUT2D eigenvalue weighted by Gasteiger charge is -2.15. The molecule has 9 nitrogen and oxygen atoms in total. The molecule has 0 radical (unpaired) electrons. The molecule has 37 heavy (non-hydrogen) atoms. The molecule has 0 aliphatic rings. The Morgan fingerprint density at radius 3 is 2.43 bits per heavy atom. The first kappa shape index (κ1) is 25.8. The largest absolute Gasteiger partial charge is 0.484 e. The number of amides is 1.